The average molecular weight is 401 g/mol. The van der Waals surface area contributed by atoms with Crippen molar-refractivity contribution >= 4 is 23.6 Å². The van der Waals surface area contributed by atoms with E-state index in [1.54, 1.807) is 4.90 Å². The summed E-state index contributed by atoms with van der Waals surface area (Å²) in [5, 5.41) is 0. The number of hydrogen-bond donors (Lipinski definition) is 0. The summed E-state index contributed by atoms with van der Waals surface area (Å²) < 4.78 is 33.8. The van der Waals surface area contributed by atoms with Crippen LogP contribution in [0, 0.1) is 0 Å². The molecule has 2 aromatic carbocycles. The molecule has 29 heavy (non-hydrogen) atoms. The Bertz CT molecular complexity index is 911. The molecule has 0 spiro atoms. The van der Waals surface area contributed by atoms with Crippen LogP contribution < -0.4 is 9.64 Å². The third kappa shape index (κ3) is 4.99. The minimum atomic E-state index is -2.89. The highest BCUT2D eigenvalue weighted by Gasteiger charge is 2.34. The molecule has 2 aromatic rings. The predicted molar refractivity (Wildman–Crippen MR) is 105 cm³/mol. The zero-order valence-electron chi connectivity index (χ0n) is 16.0. The van der Waals surface area contributed by atoms with Crippen molar-refractivity contribution in [3.05, 3.63) is 65.7 Å². The molecule has 0 radical (unpaired) electrons. The lowest BCUT2D eigenvalue weighted by Gasteiger charge is -2.25. The molecule has 5 nitrogen and oxygen atoms in total. The molecule has 2 atom stereocenters. The third-order valence-electron chi connectivity index (χ3n) is 4.60. The Balaban J connectivity index is 1.59. The van der Waals surface area contributed by atoms with E-state index in [9.17, 15) is 18.4 Å². The molecule has 3 rings (SSSR count). The largest absolute Gasteiger partial charge is 0.449 e. The van der Waals surface area contributed by atoms with Gasteiger partial charge in [-0.1, -0.05) is 30.3 Å². The minimum absolute atomic E-state index is 0.00873. The van der Waals surface area contributed by atoms with Crippen LogP contribution in [0.5, 0.6) is 5.75 Å². The highest BCUT2D eigenvalue weighted by Crippen LogP contribution is 2.32. The first-order chi connectivity index (χ1) is 13.8. The van der Waals surface area contributed by atoms with Crippen LogP contribution in [0.15, 0.2) is 54.6 Å². The Morgan fingerprint density at radius 2 is 1.83 bits per heavy atom. The number of carbonyl (C=O) groups excluding carboxylic acids is 2. The van der Waals surface area contributed by atoms with Crippen molar-refractivity contribution in [3.63, 3.8) is 0 Å². The van der Waals surface area contributed by atoms with Crippen LogP contribution in [0.2, 0.25) is 0 Å². The first kappa shape index (κ1) is 20.5. The van der Waals surface area contributed by atoms with Crippen LogP contribution in [0.3, 0.4) is 0 Å². The number of carbonyl (C=O) groups is 2. The number of alkyl halides is 2. The van der Waals surface area contributed by atoms with Crippen LogP contribution in [-0.2, 0) is 20.7 Å². The van der Waals surface area contributed by atoms with Crippen LogP contribution in [0.1, 0.15) is 25.0 Å². The zero-order valence-corrected chi connectivity index (χ0v) is 16.0. The van der Waals surface area contributed by atoms with E-state index in [4.69, 9.17) is 4.74 Å². The number of amides is 1. The van der Waals surface area contributed by atoms with Crippen LogP contribution in [0.25, 0.3) is 6.08 Å². The van der Waals surface area contributed by atoms with Crippen LogP contribution >= 0.6 is 0 Å². The Morgan fingerprint density at radius 1 is 1.14 bits per heavy atom. The standard InChI is InChI=1S/C22H21F2NO4/c1-14-13-17-5-3-4-6-19(17)25(14)21(27)15(2)28-20(26)12-9-16-7-10-18(11-8-16)29-22(23)24/h3-12,14-15,22H,13H2,1-2H3/b12-9+/t14-,15-/m1/s1. The normalized spacial score (nSPS) is 16.7. The Labute approximate surface area is 167 Å². The first-order valence-electron chi connectivity index (χ1n) is 9.19. The fourth-order valence-corrected chi connectivity index (χ4v) is 3.29. The summed E-state index contributed by atoms with van der Waals surface area (Å²) in [5.74, 6) is -0.921. The van der Waals surface area contributed by atoms with Crippen molar-refractivity contribution in [1.29, 1.82) is 0 Å². The molecule has 1 heterocycles. The highest BCUT2D eigenvalue weighted by molar-refractivity contribution is 6.00. The van der Waals surface area contributed by atoms with E-state index in [1.807, 2.05) is 31.2 Å². The topological polar surface area (TPSA) is 55.8 Å². The van der Waals surface area contributed by atoms with Crippen molar-refractivity contribution in [2.24, 2.45) is 0 Å². The smallest absolute Gasteiger partial charge is 0.387 e. The average Bonchev–Trinajstić information content (AvgIpc) is 3.02. The summed E-state index contributed by atoms with van der Waals surface area (Å²) in [6, 6.07) is 13.4. The second kappa shape index (κ2) is 8.86. The van der Waals surface area contributed by atoms with E-state index in [0.29, 0.717) is 5.56 Å². The number of anilines is 1. The molecule has 1 aliphatic rings. The summed E-state index contributed by atoms with van der Waals surface area (Å²) in [7, 11) is 0. The molecule has 0 saturated carbocycles. The number of para-hydroxylation sites is 1. The number of halogens is 2. The second-order valence-corrected chi connectivity index (χ2v) is 6.75. The lowest BCUT2D eigenvalue weighted by atomic mass is 10.1. The summed E-state index contributed by atoms with van der Waals surface area (Å²) in [5.41, 5.74) is 2.53. The van der Waals surface area contributed by atoms with Crippen molar-refractivity contribution < 1.29 is 27.8 Å². The van der Waals surface area contributed by atoms with Gasteiger partial charge in [-0.15, -0.1) is 0 Å². The summed E-state index contributed by atoms with van der Waals surface area (Å²) in [6.45, 7) is 0.599. The summed E-state index contributed by atoms with van der Waals surface area (Å²) in [6.07, 6.45) is 2.48. The number of fused-ring (bicyclic) bond motifs is 1. The molecular weight excluding hydrogens is 380 g/mol. The summed E-state index contributed by atoms with van der Waals surface area (Å²) >= 11 is 0. The molecule has 0 aliphatic carbocycles. The lowest BCUT2D eigenvalue weighted by molar-refractivity contribution is -0.149. The predicted octanol–water partition coefficient (Wildman–Crippen LogP) is 4.21. The van der Waals surface area contributed by atoms with E-state index < -0.39 is 18.7 Å². The van der Waals surface area contributed by atoms with Crippen molar-refractivity contribution in [2.45, 2.75) is 39.0 Å². The zero-order chi connectivity index (χ0) is 21.0. The van der Waals surface area contributed by atoms with Crippen molar-refractivity contribution in [1.82, 2.24) is 0 Å². The maximum atomic E-state index is 12.8. The lowest BCUT2D eigenvalue weighted by Crippen LogP contribution is -2.43. The first-order valence-corrected chi connectivity index (χ1v) is 9.19. The molecule has 7 heteroatoms. The maximum Gasteiger partial charge on any atom is 0.387 e. The molecule has 0 unspecified atom stereocenters. The number of rotatable bonds is 6. The van der Waals surface area contributed by atoms with Gasteiger partial charge >= 0.3 is 12.6 Å². The number of ether oxygens (including phenoxy) is 2. The number of hydrogen-bond acceptors (Lipinski definition) is 4. The van der Waals surface area contributed by atoms with E-state index in [1.165, 1.54) is 43.3 Å². The van der Waals surface area contributed by atoms with E-state index in [-0.39, 0.29) is 17.7 Å². The van der Waals surface area contributed by atoms with Gasteiger partial charge in [-0.2, -0.15) is 8.78 Å². The van der Waals surface area contributed by atoms with Gasteiger partial charge < -0.3 is 14.4 Å². The third-order valence-corrected chi connectivity index (χ3v) is 4.60. The van der Waals surface area contributed by atoms with Gasteiger partial charge in [-0.05, 0) is 55.7 Å². The Kier molecular flexibility index (Phi) is 6.26. The van der Waals surface area contributed by atoms with Gasteiger partial charge in [0.15, 0.2) is 6.10 Å². The minimum Gasteiger partial charge on any atom is -0.449 e. The SMILES string of the molecule is C[C@@H]1Cc2ccccc2N1C(=O)[C@@H](C)OC(=O)/C=C/c1ccc(OC(F)F)cc1. The summed E-state index contributed by atoms with van der Waals surface area (Å²) in [4.78, 5) is 26.6. The molecule has 0 fully saturated rings. The molecular formula is C22H21F2NO4. The highest BCUT2D eigenvalue weighted by atomic mass is 19.3. The van der Waals surface area contributed by atoms with Gasteiger partial charge in [0.2, 0.25) is 0 Å². The molecule has 0 saturated heterocycles. The fraction of sp³-hybridized carbons (Fsp3) is 0.273. The molecule has 1 amide bonds. The molecule has 0 bridgehead atoms. The Hall–Kier alpha value is -3.22. The van der Waals surface area contributed by atoms with Gasteiger partial charge in [0.05, 0.1) is 0 Å². The fourth-order valence-electron chi connectivity index (χ4n) is 3.29. The maximum absolute atomic E-state index is 12.8. The van der Waals surface area contributed by atoms with Gasteiger partial charge in [0.25, 0.3) is 5.91 Å². The van der Waals surface area contributed by atoms with Gasteiger partial charge in [0, 0.05) is 17.8 Å². The Morgan fingerprint density at radius 3 is 2.52 bits per heavy atom. The molecule has 0 N–H and O–H groups in total. The van der Waals surface area contributed by atoms with Crippen molar-refractivity contribution in [2.75, 3.05) is 4.90 Å². The van der Waals surface area contributed by atoms with Gasteiger partial charge in [-0.3, -0.25) is 4.79 Å². The second-order valence-electron chi connectivity index (χ2n) is 6.75. The van der Waals surface area contributed by atoms with E-state index in [0.717, 1.165) is 17.7 Å². The van der Waals surface area contributed by atoms with Crippen molar-refractivity contribution in [3.8, 4) is 5.75 Å². The van der Waals surface area contributed by atoms with Crippen LogP contribution in [0.4, 0.5) is 14.5 Å². The van der Waals surface area contributed by atoms with Crippen LogP contribution in [-0.4, -0.2) is 30.6 Å². The number of esters is 1. The van der Waals surface area contributed by atoms with Gasteiger partial charge in [-0.25, -0.2) is 4.79 Å². The quantitative estimate of drug-likeness (QED) is 0.538. The molecule has 0 aromatic heterocycles. The molecule has 152 valence electrons. The number of benzene rings is 2. The monoisotopic (exact) mass is 401 g/mol. The molecule has 1 aliphatic heterocycles. The van der Waals surface area contributed by atoms with E-state index >= 15 is 0 Å². The van der Waals surface area contributed by atoms with Gasteiger partial charge in [0.1, 0.15) is 5.75 Å². The van der Waals surface area contributed by atoms with E-state index in [2.05, 4.69) is 4.74 Å². The number of nitrogens with zero attached hydrogens (tertiary/aromatic N) is 1.